The number of aliphatic imine (C=N–C) groups is 1. The van der Waals surface area contributed by atoms with Crippen molar-refractivity contribution in [2.45, 2.75) is 53.9 Å². The minimum absolute atomic E-state index is 0.756. The first-order chi connectivity index (χ1) is 12.0. The number of rotatable bonds is 6. The summed E-state index contributed by atoms with van der Waals surface area (Å²) in [6.45, 7) is 10.2. The van der Waals surface area contributed by atoms with Crippen molar-refractivity contribution in [3.8, 4) is 11.8 Å². The van der Waals surface area contributed by atoms with Gasteiger partial charge in [0.05, 0.1) is 5.56 Å². The molecule has 0 bridgehead atoms. The molecular weight excluding hydrogens is 308 g/mol. The lowest BCUT2D eigenvalue weighted by Gasteiger charge is -2.13. The van der Waals surface area contributed by atoms with Gasteiger partial charge >= 0.3 is 0 Å². The highest BCUT2D eigenvalue weighted by Crippen LogP contribution is 2.25. The third-order valence-corrected chi connectivity index (χ3v) is 3.75. The van der Waals surface area contributed by atoms with E-state index < -0.39 is 0 Å². The topological polar surface area (TPSA) is 64.2 Å². The van der Waals surface area contributed by atoms with Gasteiger partial charge in [0.1, 0.15) is 6.33 Å². The summed E-state index contributed by atoms with van der Waals surface area (Å²) in [6.07, 6.45) is 11.7. The van der Waals surface area contributed by atoms with E-state index in [1.807, 2.05) is 20.8 Å². The molecule has 0 aliphatic rings. The van der Waals surface area contributed by atoms with Crippen molar-refractivity contribution in [3.05, 3.63) is 58.5 Å². The van der Waals surface area contributed by atoms with Crippen molar-refractivity contribution in [2.75, 3.05) is 0 Å². The first kappa shape index (κ1) is 20.4. The average Bonchev–Trinajstić information content (AvgIpc) is 2.63. The van der Waals surface area contributed by atoms with Crippen LogP contribution in [-0.4, -0.2) is 16.2 Å². The van der Waals surface area contributed by atoms with E-state index >= 15 is 0 Å². The monoisotopic (exact) mass is 336 g/mol. The lowest BCUT2D eigenvalue weighted by Crippen LogP contribution is -2.08. The van der Waals surface area contributed by atoms with Crippen LogP contribution in [-0.2, 0) is 0 Å². The molecule has 0 radical (unpaired) electrons. The number of unbranched alkanes of at least 4 members (excludes halogenated alkanes) is 1. The first-order valence-electron chi connectivity index (χ1n) is 8.67. The maximum atomic E-state index is 6.46. The van der Waals surface area contributed by atoms with Crippen LogP contribution in [0.2, 0.25) is 0 Å². The van der Waals surface area contributed by atoms with Crippen LogP contribution < -0.4 is 5.73 Å². The highest BCUT2D eigenvalue weighted by Gasteiger charge is 2.12. The number of nitrogens with two attached hydrogens (primary N) is 1. The molecule has 0 saturated heterocycles. The van der Waals surface area contributed by atoms with E-state index in [0.717, 1.165) is 52.9 Å². The maximum absolute atomic E-state index is 6.46. The lowest BCUT2D eigenvalue weighted by molar-refractivity contribution is 0.951. The van der Waals surface area contributed by atoms with Gasteiger partial charge in [0.15, 0.2) is 0 Å². The fourth-order valence-electron chi connectivity index (χ4n) is 2.20. The number of nitrogens with zero attached hydrogens (tertiary/aromatic N) is 3. The summed E-state index contributed by atoms with van der Waals surface area (Å²) in [5.41, 5.74) is 11.8. The third-order valence-electron chi connectivity index (χ3n) is 3.75. The van der Waals surface area contributed by atoms with Crippen molar-refractivity contribution in [3.63, 3.8) is 0 Å². The summed E-state index contributed by atoms with van der Waals surface area (Å²) in [6, 6.07) is 0. The summed E-state index contributed by atoms with van der Waals surface area (Å²) in [5, 5.41) is 0. The second kappa shape index (κ2) is 11.0. The molecule has 0 spiro atoms. The molecule has 0 aliphatic heterocycles. The smallest absolute Gasteiger partial charge is 0.115 e. The van der Waals surface area contributed by atoms with Crippen LogP contribution in [0.4, 0.5) is 0 Å². The van der Waals surface area contributed by atoms with E-state index in [9.17, 15) is 0 Å². The predicted octanol–water partition coefficient (Wildman–Crippen LogP) is 4.56. The van der Waals surface area contributed by atoms with E-state index in [1.165, 1.54) is 6.33 Å². The fourth-order valence-corrected chi connectivity index (χ4v) is 2.20. The Morgan fingerprint density at radius 2 is 1.92 bits per heavy atom. The molecular formula is C21H28N4. The Morgan fingerprint density at radius 3 is 2.48 bits per heavy atom. The third kappa shape index (κ3) is 6.39. The molecule has 0 unspecified atom stereocenters. The molecule has 1 aromatic heterocycles. The van der Waals surface area contributed by atoms with Gasteiger partial charge in [-0.3, -0.25) is 4.99 Å². The normalized spacial score (nSPS) is 13.9. The predicted molar refractivity (Wildman–Crippen MR) is 106 cm³/mol. The van der Waals surface area contributed by atoms with Gasteiger partial charge in [-0.15, -0.1) is 0 Å². The van der Waals surface area contributed by atoms with E-state index in [4.69, 9.17) is 5.73 Å². The summed E-state index contributed by atoms with van der Waals surface area (Å²) in [5.74, 6) is 6.39. The van der Waals surface area contributed by atoms with E-state index in [0.29, 0.717) is 0 Å². The molecule has 4 heteroatoms. The summed E-state index contributed by atoms with van der Waals surface area (Å²) in [7, 11) is 0. The molecule has 4 nitrogen and oxygen atoms in total. The Morgan fingerprint density at radius 1 is 1.24 bits per heavy atom. The molecule has 1 aromatic rings. The highest BCUT2D eigenvalue weighted by atomic mass is 14.8. The second-order valence-corrected chi connectivity index (χ2v) is 5.68. The summed E-state index contributed by atoms with van der Waals surface area (Å²) in [4.78, 5) is 12.5. The van der Waals surface area contributed by atoms with Crippen LogP contribution >= 0.6 is 0 Å². The standard InChI is InChI=1S/C21H28N4/c1-6-9-10-19(12-11-18-13-23-15-24-14-18)20(17(5)25-8-3)21(22)16(4)7-2/h8,10,13-15H,6-7,9,22H2,1-5H3/b19-10-,20-17-,21-16-,25-8?. The van der Waals surface area contributed by atoms with Gasteiger partial charge in [-0.05, 0) is 39.2 Å². The average molecular weight is 336 g/mol. The molecule has 1 rings (SSSR count). The Balaban J connectivity index is 3.52. The fraction of sp³-hybridized carbons (Fsp3) is 0.381. The molecule has 1 heterocycles. The van der Waals surface area contributed by atoms with Gasteiger partial charge < -0.3 is 5.73 Å². The minimum atomic E-state index is 0.756. The minimum Gasteiger partial charge on any atom is -0.398 e. The Hall–Kier alpha value is -2.67. The molecule has 25 heavy (non-hydrogen) atoms. The quantitative estimate of drug-likeness (QED) is 0.470. The highest BCUT2D eigenvalue weighted by molar-refractivity contribution is 5.62. The molecule has 132 valence electrons. The van der Waals surface area contributed by atoms with Gasteiger partial charge in [-0.25, -0.2) is 9.97 Å². The molecule has 2 N–H and O–H groups in total. The van der Waals surface area contributed by atoms with Crippen molar-refractivity contribution in [1.29, 1.82) is 0 Å². The Kier molecular flexibility index (Phi) is 8.95. The Labute approximate surface area is 151 Å². The summed E-state index contributed by atoms with van der Waals surface area (Å²) >= 11 is 0. The van der Waals surface area contributed by atoms with Gasteiger partial charge in [0, 0.05) is 41.1 Å². The van der Waals surface area contributed by atoms with E-state index in [-0.39, 0.29) is 0 Å². The number of hydrogen-bond donors (Lipinski definition) is 1. The van der Waals surface area contributed by atoms with Crippen LogP contribution in [0.3, 0.4) is 0 Å². The molecule has 0 amide bonds. The van der Waals surface area contributed by atoms with E-state index in [2.05, 4.69) is 46.7 Å². The van der Waals surface area contributed by atoms with Crippen molar-refractivity contribution in [1.82, 2.24) is 9.97 Å². The molecule has 0 fully saturated rings. The van der Waals surface area contributed by atoms with Crippen LogP contribution in [0.25, 0.3) is 0 Å². The van der Waals surface area contributed by atoms with Gasteiger partial charge in [0.25, 0.3) is 0 Å². The van der Waals surface area contributed by atoms with Gasteiger partial charge in [-0.1, -0.05) is 38.2 Å². The van der Waals surface area contributed by atoms with Crippen molar-refractivity contribution < 1.29 is 0 Å². The van der Waals surface area contributed by atoms with Crippen LogP contribution in [0.5, 0.6) is 0 Å². The Bertz CT molecular complexity index is 741. The maximum Gasteiger partial charge on any atom is 0.115 e. The first-order valence-corrected chi connectivity index (χ1v) is 8.67. The van der Waals surface area contributed by atoms with Gasteiger partial charge in [-0.2, -0.15) is 0 Å². The van der Waals surface area contributed by atoms with Crippen LogP contribution in [0, 0.1) is 11.8 Å². The lowest BCUT2D eigenvalue weighted by atomic mass is 9.96. The zero-order valence-corrected chi connectivity index (χ0v) is 15.9. The van der Waals surface area contributed by atoms with Crippen LogP contribution in [0.15, 0.2) is 57.9 Å². The molecule has 0 aliphatic carbocycles. The van der Waals surface area contributed by atoms with Crippen molar-refractivity contribution in [2.24, 2.45) is 10.7 Å². The number of allylic oxidation sites excluding steroid dienone is 4. The second-order valence-electron chi connectivity index (χ2n) is 5.68. The molecule has 0 atom stereocenters. The van der Waals surface area contributed by atoms with E-state index in [1.54, 1.807) is 18.6 Å². The number of hydrogen-bond acceptors (Lipinski definition) is 4. The zero-order valence-electron chi connectivity index (χ0n) is 15.9. The number of aromatic nitrogens is 2. The largest absolute Gasteiger partial charge is 0.398 e. The van der Waals surface area contributed by atoms with Crippen LogP contribution in [0.1, 0.15) is 59.4 Å². The molecule has 0 saturated carbocycles. The SMILES string of the molecule is CC=N/C(C)=C(C(/C#Cc1cncnc1)=C\CCC)\C(N)=C(/C)CC. The van der Waals surface area contributed by atoms with Crippen molar-refractivity contribution >= 4 is 6.21 Å². The van der Waals surface area contributed by atoms with Gasteiger partial charge in [0.2, 0.25) is 0 Å². The zero-order chi connectivity index (χ0) is 18.7. The molecule has 0 aromatic carbocycles. The summed E-state index contributed by atoms with van der Waals surface area (Å²) < 4.78 is 0.